The minimum atomic E-state index is -0.598. The molecule has 0 radical (unpaired) electrons. The van der Waals surface area contributed by atoms with Crippen molar-refractivity contribution in [2.24, 2.45) is 5.73 Å². The van der Waals surface area contributed by atoms with Crippen molar-refractivity contribution in [1.29, 1.82) is 0 Å². The molecule has 0 atom stereocenters. The van der Waals surface area contributed by atoms with Gasteiger partial charge in [-0.2, -0.15) is 0 Å². The highest BCUT2D eigenvalue weighted by Crippen LogP contribution is 2.29. The number of hydrogen-bond acceptors (Lipinski definition) is 5. The van der Waals surface area contributed by atoms with E-state index < -0.39 is 10.8 Å². The van der Waals surface area contributed by atoms with Crippen LogP contribution < -0.4 is 10.6 Å². The van der Waals surface area contributed by atoms with Gasteiger partial charge in [0.25, 0.3) is 5.69 Å². The molecule has 0 spiro atoms. The first kappa shape index (κ1) is 12.3. The fourth-order valence-corrected chi connectivity index (χ4v) is 1.89. The lowest BCUT2D eigenvalue weighted by Gasteiger charge is -2.28. The van der Waals surface area contributed by atoms with Gasteiger partial charge >= 0.3 is 0 Å². The second kappa shape index (κ2) is 5.01. The van der Waals surface area contributed by atoms with E-state index in [9.17, 15) is 14.9 Å². The highest BCUT2D eigenvalue weighted by Gasteiger charge is 2.22. The summed E-state index contributed by atoms with van der Waals surface area (Å²) in [7, 11) is 0. The van der Waals surface area contributed by atoms with Gasteiger partial charge in [0.1, 0.15) is 5.69 Å². The number of anilines is 1. The fourth-order valence-electron chi connectivity index (χ4n) is 1.89. The second-order valence-electron chi connectivity index (χ2n) is 3.92. The summed E-state index contributed by atoms with van der Waals surface area (Å²) in [4.78, 5) is 23.5. The smallest absolute Gasteiger partial charge is 0.292 e. The molecule has 7 heteroatoms. The number of morpholine rings is 1. The van der Waals surface area contributed by atoms with E-state index >= 15 is 0 Å². The van der Waals surface area contributed by atoms with Crippen molar-refractivity contribution < 1.29 is 14.5 Å². The normalized spacial score (nSPS) is 15.4. The van der Waals surface area contributed by atoms with Crippen LogP contribution in [0.4, 0.5) is 11.4 Å². The van der Waals surface area contributed by atoms with Crippen LogP contribution >= 0.6 is 0 Å². The van der Waals surface area contributed by atoms with Gasteiger partial charge in [0, 0.05) is 24.7 Å². The Morgan fingerprint density at radius 2 is 2.06 bits per heavy atom. The lowest BCUT2D eigenvalue weighted by molar-refractivity contribution is -0.384. The summed E-state index contributed by atoms with van der Waals surface area (Å²) in [6, 6.07) is 4.14. The molecule has 2 N–H and O–H groups in total. The maximum Gasteiger partial charge on any atom is 0.292 e. The maximum atomic E-state index is 11.1. The minimum Gasteiger partial charge on any atom is -0.378 e. The van der Waals surface area contributed by atoms with Crippen LogP contribution in [0.2, 0.25) is 0 Å². The monoisotopic (exact) mass is 251 g/mol. The molecule has 0 bridgehead atoms. The van der Waals surface area contributed by atoms with E-state index in [0.29, 0.717) is 32.0 Å². The third kappa shape index (κ3) is 2.40. The summed E-state index contributed by atoms with van der Waals surface area (Å²) in [5.74, 6) is -0.598. The van der Waals surface area contributed by atoms with Gasteiger partial charge in [-0.05, 0) is 12.1 Å². The minimum absolute atomic E-state index is 0.0260. The maximum absolute atomic E-state index is 11.1. The molecule has 0 aliphatic carbocycles. The number of benzene rings is 1. The molecule has 0 aromatic heterocycles. The molecule has 1 aromatic carbocycles. The number of ether oxygens (including phenoxy) is 1. The number of rotatable bonds is 3. The third-order valence-corrected chi connectivity index (χ3v) is 2.81. The first-order valence-electron chi connectivity index (χ1n) is 5.50. The Kier molecular flexibility index (Phi) is 3.42. The number of amides is 1. The van der Waals surface area contributed by atoms with Crippen molar-refractivity contribution in [3.05, 3.63) is 33.9 Å². The standard InChI is InChI=1S/C11H13N3O4/c12-11(15)8-1-2-9(14(16)17)10(7-8)13-3-5-18-6-4-13/h1-2,7H,3-6H2,(H2,12,15). The third-order valence-electron chi connectivity index (χ3n) is 2.81. The van der Waals surface area contributed by atoms with Gasteiger partial charge in [0.15, 0.2) is 0 Å². The number of carbonyl (C=O) groups is 1. The quantitative estimate of drug-likeness (QED) is 0.624. The summed E-state index contributed by atoms with van der Waals surface area (Å²) in [5, 5.41) is 11.0. The Balaban J connectivity index is 2.42. The van der Waals surface area contributed by atoms with E-state index in [1.165, 1.54) is 18.2 Å². The molecule has 18 heavy (non-hydrogen) atoms. The molecule has 2 rings (SSSR count). The summed E-state index contributed by atoms with van der Waals surface area (Å²) in [6.45, 7) is 2.14. The molecule has 1 saturated heterocycles. The SMILES string of the molecule is NC(=O)c1ccc([N+](=O)[O-])c(N2CCOCC2)c1. The Labute approximate surface area is 103 Å². The molecule has 1 amide bonds. The van der Waals surface area contributed by atoms with E-state index in [-0.39, 0.29) is 11.3 Å². The fraction of sp³-hybridized carbons (Fsp3) is 0.364. The van der Waals surface area contributed by atoms with Crippen LogP contribution in [0, 0.1) is 10.1 Å². The molecular weight excluding hydrogens is 238 g/mol. The highest BCUT2D eigenvalue weighted by molar-refractivity contribution is 5.94. The van der Waals surface area contributed by atoms with Crippen LogP contribution in [-0.2, 0) is 4.74 Å². The number of nitro groups is 1. The largest absolute Gasteiger partial charge is 0.378 e. The van der Waals surface area contributed by atoms with Gasteiger partial charge in [0.2, 0.25) is 5.91 Å². The van der Waals surface area contributed by atoms with Crippen molar-refractivity contribution in [2.45, 2.75) is 0 Å². The lowest BCUT2D eigenvalue weighted by Crippen LogP contribution is -2.36. The van der Waals surface area contributed by atoms with Gasteiger partial charge in [-0.15, -0.1) is 0 Å². The molecule has 1 aromatic rings. The van der Waals surface area contributed by atoms with Gasteiger partial charge < -0.3 is 15.4 Å². The lowest BCUT2D eigenvalue weighted by atomic mass is 10.1. The first-order chi connectivity index (χ1) is 8.59. The molecule has 0 unspecified atom stereocenters. The van der Waals surface area contributed by atoms with Gasteiger partial charge in [-0.1, -0.05) is 0 Å². The van der Waals surface area contributed by atoms with Crippen LogP contribution in [0.15, 0.2) is 18.2 Å². The topological polar surface area (TPSA) is 98.7 Å². The molecule has 1 aliphatic rings. The number of nitro benzene ring substituents is 1. The zero-order valence-electron chi connectivity index (χ0n) is 9.67. The molecule has 1 fully saturated rings. The molecule has 0 saturated carbocycles. The van der Waals surface area contributed by atoms with Crippen LogP contribution in [0.3, 0.4) is 0 Å². The van der Waals surface area contributed by atoms with Crippen molar-refractivity contribution in [3.63, 3.8) is 0 Å². The first-order valence-corrected chi connectivity index (χ1v) is 5.50. The van der Waals surface area contributed by atoms with E-state index in [2.05, 4.69) is 0 Å². The van der Waals surface area contributed by atoms with E-state index in [1.807, 2.05) is 4.90 Å². The van der Waals surface area contributed by atoms with E-state index in [0.717, 1.165) is 0 Å². The zero-order valence-corrected chi connectivity index (χ0v) is 9.67. The second-order valence-corrected chi connectivity index (χ2v) is 3.92. The van der Waals surface area contributed by atoms with Crippen LogP contribution in [0.25, 0.3) is 0 Å². The molecule has 1 aliphatic heterocycles. The predicted molar refractivity (Wildman–Crippen MR) is 64.6 cm³/mol. The number of primary amides is 1. The molecule has 1 heterocycles. The molecule has 7 nitrogen and oxygen atoms in total. The van der Waals surface area contributed by atoms with Gasteiger partial charge in [0.05, 0.1) is 18.1 Å². The summed E-state index contributed by atoms with van der Waals surface area (Å²) >= 11 is 0. The number of hydrogen-bond donors (Lipinski definition) is 1. The highest BCUT2D eigenvalue weighted by atomic mass is 16.6. The van der Waals surface area contributed by atoms with Crippen LogP contribution in [-0.4, -0.2) is 37.1 Å². The summed E-state index contributed by atoms with van der Waals surface area (Å²) in [6.07, 6.45) is 0. The van der Waals surface area contributed by atoms with E-state index in [1.54, 1.807) is 0 Å². The zero-order chi connectivity index (χ0) is 13.1. The van der Waals surface area contributed by atoms with Gasteiger partial charge in [-0.3, -0.25) is 14.9 Å². The molecular formula is C11H13N3O4. The van der Waals surface area contributed by atoms with E-state index in [4.69, 9.17) is 10.5 Å². The Hall–Kier alpha value is -2.15. The Morgan fingerprint density at radius 3 is 2.61 bits per heavy atom. The predicted octanol–water partition coefficient (Wildman–Crippen LogP) is 0.530. The Bertz CT molecular complexity index is 483. The average molecular weight is 251 g/mol. The number of carbonyl (C=O) groups excluding carboxylic acids is 1. The average Bonchev–Trinajstić information content (AvgIpc) is 2.39. The van der Waals surface area contributed by atoms with Crippen molar-refractivity contribution >= 4 is 17.3 Å². The molecule has 96 valence electrons. The van der Waals surface area contributed by atoms with Crippen LogP contribution in [0.5, 0.6) is 0 Å². The van der Waals surface area contributed by atoms with Crippen molar-refractivity contribution in [1.82, 2.24) is 0 Å². The number of nitrogens with two attached hydrogens (primary N) is 1. The van der Waals surface area contributed by atoms with Gasteiger partial charge in [-0.25, -0.2) is 0 Å². The van der Waals surface area contributed by atoms with Crippen molar-refractivity contribution in [3.8, 4) is 0 Å². The summed E-state index contributed by atoms with van der Waals surface area (Å²) < 4.78 is 5.20. The van der Waals surface area contributed by atoms with Crippen LogP contribution in [0.1, 0.15) is 10.4 Å². The van der Waals surface area contributed by atoms with Crippen molar-refractivity contribution in [2.75, 3.05) is 31.2 Å². The summed E-state index contributed by atoms with van der Waals surface area (Å²) in [5.41, 5.74) is 5.84. The Morgan fingerprint density at radius 1 is 1.39 bits per heavy atom. The number of nitrogens with zero attached hydrogens (tertiary/aromatic N) is 2.